The molecule has 170 valence electrons. The summed E-state index contributed by atoms with van der Waals surface area (Å²) < 4.78 is 14.1. The van der Waals surface area contributed by atoms with Gasteiger partial charge in [-0.3, -0.25) is 0 Å². The van der Waals surface area contributed by atoms with E-state index in [1.165, 1.54) is 37.7 Å². The van der Waals surface area contributed by atoms with Crippen LogP contribution in [0.1, 0.15) is 91.9 Å². The molecule has 3 saturated carbocycles. The Labute approximate surface area is 183 Å². The van der Waals surface area contributed by atoms with Gasteiger partial charge in [-0.25, -0.2) is 4.39 Å². The molecule has 3 aliphatic carbocycles. The molecule has 0 heterocycles. The first-order chi connectivity index (χ1) is 14.0. The minimum absolute atomic E-state index is 0.181. The van der Waals surface area contributed by atoms with Gasteiger partial charge in [0.05, 0.1) is 11.7 Å². The lowest BCUT2D eigenvalue weighted by molar-refractivity contribution is 0.0596. The zero-order valence-corrected chi connectivity index (χ0v) is 19.6. The number of allylic oxidation sites excluding steroid dienone is 4. The molecule has 0 bridgehead atoms. The van der Waals surface area contributed by atoms with Gasteiger partial charge in [-0.05, 0) is 93.1 Å². The van der Waals surface area contributed by atoms with Crippen LogP contribution in [0.15, 0.2) is 35.5 Å². The third-order valence-electron chi connectivity index (χ3n) is 8.40. The van der Waals surface area contributed by atoms with Gasteiger partial charge in [-0.15, -0.1) is 0 Å². The Morgan fingerprint density at radius 1 is 1.30 bits per heavy atom. The number of halogens is 1. The monoisotopic (exact) mass is 418 g/mol. The van der Waals surface area contributed by atoms with Crippen LogP contribution >= 0.6 is 0 Å². The van der Waals surface area contributed by atoms with E-state index in [4.69, 9.17) is 0 Å². The molecule has 3 rings (SSSR count). The maximum atomic E-state index is 14.1. The van der Waals surface area contributed by atoms with Crippen LogP contribution in [-0.2, 0) is 0 Å². The summed E-state index contributed by atoms with van der Waals surface area (Å²) in [5, 5.41) is 20.0. The van der Waals surface area contributed by atoms with Gasteiger partial charge >= 0.3 is 0 Å². The third-order valence-corrected chi connectivity index (χ3v) is 8.40. The Morgan fingerprint density at radius 2 is 2.03 bits per heavy atom. The number of aliphatic hydroxyl groups is 2. The molecular weight excluding hydrogens is 375 g/mol. The van der Waals surface area contributed by atoms with Crippen LogP contribution in [-0.4, -0.2) is 28.1 Å². The fraction of sp³-hybridized carbons (Fsp3) is 0.778. The first kappa shape index (κ1) is 23.7. The number of hydrogen-bond acceptors (Lipinski definition) is 2. The predicted molar refractivity (Wildman–Crippen MR) is 123 cm³/mol. The Hall–Kier alpha value is -0.930. The minimum atomic E-state index is -1.12. The standard InChI is InChI=1S/C27H43FO2/c1-18(8-6-14-26(3,4)30)23-12-13-24-20(9-7-15-27(23,24)5)10-11-21-16-22(29)17-25(28)19(21)2/h10-11,18,22-25,29-30H,2,6-9,12-17H2,1,3-5H3/b20-10+,21-11-/t18-,22+,23-,24+,25?,27-/m1/s1. The smallest absolute Gasteiger partial charge is 0.127 e. The molecule has 0 radical (unpaired) electrons. The molecule has 0 amide bonds. The molecule has 1 unspecified atom stereocenters. The van der Waals surface area contributed by atoms with Crippen LogP contribution in [0.2, 0.25) is 0 Å². The van der Waals surface area contributed by atoms with Crippen LogP contribution in [0.25, 0.3) is 0 Å². The molecule has 2 nitrogen and oxygen atoms in total. The van der Waals surface area contributed by atoms with Gasteiger partial charge in [0, 0.05) is 6.42 Å². The number of alkyl halides is 1. The highest BCUT2D eigenvalue weighted by atomic mass is 19.1. The van der Waals surface area contributed by atoms with Crippen molar-refractivity contribution in [2.45, 2.75) is 110 Å². The lowest BCUT2D eigenvalue weighted by Crippen LogP contribution is -2.36. The number of fused-ring (bicyclic) bond motifs is 1. The molecule has 0 saturated heterocycles. The molecule has 0 aromatic carbocycles. The van der Waals surface area contributed by atoms with Gasteiger partial charge in [0.15, 0.2) is 0 Å². The van der Waals surface area contributed by atoms with Crippen LogP contribution in [0.4, 0.5) is 4.39 Å². The summed E-state index contributed by atoms with van der Waals surface area (Å²) in [6.45, 7) is 12.7. The number of hydrogen-bond donors (Lipinski definition) is 2. The van der Waals surface area contributed by atoms with Crippen molar-refractivity contribution in [1.29, 1.82) is 0 Å². The fourth-order valence-electron chi connectivity index (χ4n) is 6.71. The normalized spacial score (nSPS) is 38.8. The zero-order chi connectivity index (χ0) is 22.1. The van der Waals surface area contributed by atoms with E-state index in [1.807, 2.05) is 13.8 Å². The topological polar surface area (TPSA) is 40.5 Å². The Morgan fingerprint density at radius 3 is 2.73 bits per heavy atom. The number of aliphatic hydroxyl groups excluding tert-OH is 1. The lowest BCUT2D eigenvalue weighted by Gasteiger charge is -2.44. The summed E-state index contributed by atoms with van der Waals surface area (Å²) in [7, 11) is 0. The molecular formula is C27H43FO2. The van der Waals surface area contributed by atoms with E-state index in [-0.39, 0.29) is 6.42 Å². The average Bonchev–Trinajstić information content (AvgIpc) is 3.00. The molecule has 0 spiro atoms. The fourth-order valence-corrected chi connectivity index (χ4v) is 6.71. The Balaban J connectivity index is 1.70. The summed E-state index contributed by atoms with van der Waals surface area (Å²) in [4.78, 5) is 0. The highest BCUT2D eigenvalue weighted by Crippen LogP contribution is 2.60. The Bertz CT molecular complexity index is 685. The SMILES string of the molecule is C=C1/C(=C\C=C2/CCC[C@]3(C)[C@@H]([C@H](C)CCCC(C)(C)O)CC[C@@H]23)C[C@H](O)CC1F. The largest absolute Gasteiger partial charge is 0.393 e. The molecule has 0 aromatic heterocycles. The van der Waals surface area contributed by atoms with Crippen LogP contribution in [0.5, 0.6) is 0 Å². The van der Waals surface area contributed by atoms with Crippen molar-refractivity contribution in [3.63, 3.8) is 0 Å². The van der Waals surface area contributed by atoms with Crippen molar-refractivity contribution in [3.8, 4) is 0 Å². The molecule has 0 aromatic rings. The van der Waals surface area contributed by atoms with E-state index in [0.717, 1.165) is 30.8 Å². The summed E-state index contributed by atoms with van der Waals surface area (Å²) in [6, 6.07) is 0. The molecule has 30 heavy (non-hydrogen) atoms. The van der Waals surface area contributed by atoms with Gasteiger partial charge < -0.3 is 10.2 Å². The van der Waals surface area contributed by atoms with E-state index in [2.05, 4.69) is 32.6 Å². The number of rotatable bonds is 6. The van der Waals surface area contributed by atoms with E-state index in [0.29, 0.717) is 29.2 Å². The second-order valence-electron chi connectivity index (χ2n) is 11.3. The summed E-state index contributed by atoms with van der Waals surface area (Å²) in [5.41, 5.74) is 2.75. The quantitative estimate of drug-likeness (QED) is 0.505. The molecule has 3 fully saturated rings. The first-order valence-electron chi connectivity index (χ1n) is 12.1. The Kier molecular flexibility index (Phi) is 7.34. The van der Waals surface area contributed by atoms with Crippen molar-refractivity contribution in [2.24, 2.45) is 23.2 Å². The maximum absolute atomic E-state index is 14.1. The second-order valence-corrected chi connectivity index (χ2v) is 11.3. The maximum Gasteiger partial charge on any atom is 0.127 e. The van der Waals surface area contributed by atoms with E-state index in [9.17, 15) is 14.6 Å². The average molecular weight is 419 g/mol. The second kappa shape index (κ2) is 9.28. The van der Waals surface area contributed by atoms with Crippen molar-refractivity contribution >= 4 is 0 Å². The molecule has 0 aliphatic heterocycles. The molecule has 6 atom stereocenters. The van der Waals surface area contributed by atoms with E-state index >= 15 is 0 Å². The van der Waals surface area contributed by atoms with Crippen molar-refractivity contribution in [1.82, 2.24) is 0 Å². The zero-order valence-electron chi connectivity index (χ0n) is 19.6. The van der Waals surface area contributed by atoms with Crippen LogP contribution < -0.4 is 0 Å². The van der Waals surface area contributed by atoms with Crippen LogP contribution in [0, 0.1) is 23.2 Å². The molecule has 3 aliphatic rings. The van der Waals surface area contributed by atoms with Gasteiger partial charge in [-0.2, -0.15) is 0 Å². The van der Waals surface area contributed by atoms with Gasteiger partial charge in [0.1, 0.15) is 6.17 Å². The summed E-state index contributed by atoms with van der Waals surface area (Å²) >= 11 is 0. The van der Waals surface area contributed by atoms with Gasteiger partial charge in [-0.1, -0.05) is 51.0 Å². The first-order valence-corrected chi connectivity index (χ1v) is 12.1. The van der Waals surface area contributed by atoms with Gasteiger partial charge in [0.2, 0.25) is 0 Å². The molecule has 2 N–H and O–H groups in total. The molecule has 3 heteroatoms. The van der Waals surface area contributed by atoms with Crippen molar-refractivity contribution in [3.05, 3.63) is 35.5 Å². The highest BCUT2D eigenvalue weighted by molar-refractivity contribution is 5.38. The predicted octanol–water partition coefficient (Wildman–Crippen LogP) is 6.68. The van der Waals surface area contributed by atoms with Gasteiger partial charge in [0.25, 0.3) is 0 Å². The van der Waals surface area contributed by atoms with E-state index in [1.54, 1.807) is 0 Å². The summed E-state index contributed by atoms with van der Waals surface area (Å²) in [6.07, 6.45) is 12.6. The highest BCUT2D eigenvalue weighted by Gasteiger charge is 2.50. The van der Waals surface area contributed by atoms with Crippen LogP contribution in [0.3, 0.4) is 0 Å². The minimum Gasteiger partial charge on any atom is -0.393 e. The van der Waals surface area contributed by atoms with E-state index < -0.39 is 17.9 Å². The lowest BCUT2D eigenvalue weighted by atomic mass is 9.60. The summed E-state index contributed by atoms with van der Waals surface area (Å²) in [5.74, 6) is 2.04. The van der Waals surface area contributed by atoms with Crippen molar-refractivity contribution in [2.75, 3.05) is 0 Å². The van der Waals surface area contributed by atoms with Crippen molar-refractivity contribution < 1.29 is 14.6 Å². The third kappa shape index (κ3) is 5.27.